The Morgan fingerprint density at radius 3 is 2.46 bits per heavy atom. The molecule has 0 spiro atoms. The summed E-state index contributed by atoms with van der Waals surface area (Å²) < 4.78 is 5.46. The standard InChI is InChI=1S/C19H24N4O2.ClH/c1-19(2,3)18-21-16(25-22-18)14-6-4-5-7-15(14)17(24)23-10-12-8-20-9-13(12)11-23;/h4-7,12-13,20H,8-11H2,1-3H3;1H/t12-,13+;. The summed E-state index contributed by atoms with van der Waals surface area (Å²) >= 11 is 0. The van der Waals surface area contributed by atoms with E-state index in [1.165, 1.54) is 0 Å². The van der Waals surface area contributed by atoms with Gasteiger partial charge in [-0.1, -0.05) is 38.1 Å². The molecule has 2 atom stereocenters. The van der Waals surface area contributed by atoms with Crippen LogP contribution in [0, 0.1) is 11.8 Å². The predicted molar refractivity (Wildman–Crippen MR) is 101 cm³/mol. The van der Waals surface area contributed by atoms with Crippen molar-refractivity contribution < 1.29 is 9.32 Å². The van der Waals surface area contributed by atoms with Crippen LogP contribution < -0.4 is 5.32 Å². The average Bonchev–Trinajstić information content (AvgIpc) is 3.28. The van der Waals surface area contributed by atoms with Crippen molar-refractivity contribution in [3.05, 3.63) is 35.7 Å². The first kappa shape index (κ1) is 18.9. The van der Waals surface area contributed by atoms with Gasteiger partial charge in [-0.25, -0.2) is 0 Å². The van der Waals surface area contributed by atoms with Crippen LogP contribution in [-0.2, 0) is 5.41 Å². The van der Waals surface area contributed by atoms with Crippen LogP contribution in [0.3, 0.4) is 0 Å². The SMILES string of the molecule is CC(C)(C)c1noc(-c2ccccc2C(=O)N2C[C@H]3CNC[C@H]3C2)n1.Cl. The zero-order valence-corrected chi connectivity index (χ0v) is 16.2. The normalized spacial score (nSPS) is 22.2. The van der Waals surface area contributed by atoms with Crippen LogP contribution >= 0.6 is 12.4 Å². The number of amides is 1. The van der Waals surface area contributed by atoms with Crippen LogP contribution in [0.1, 0.15) is 37.0 Å². The van der Waals surface area contributed by atoms with Crippen molar-refractivity contribution in [3.63, 3.8) is 0 Å². The molecule has 1 N–H and O–H groups in total. The van der Waals surface area contributed by atoms with Crippen molar-refractivity contribution >= 4 is 18.3 Å². The van der Waals surface area contributed by atoms with Crippen molar-refractivity contribution in [2.45, 2.75) is 26.2 Å². The number of hydrogen-bond donors (Lipinski definition) is 1. The zero-order valence-electron chi connectivity index (χ0n) is 15.4. The minimum absolute atomic E-state index is 0. The number of halogens is 1. The molecule has 140 valence electrons. The summed E-state index contributed by atoms with van der Waals surface area (Å²) in [7, 11) is 0. The Morgan fingerprint density at radius 1 is 1.19 bits per heavy atom. The zero-order chi connectivity index (χ0) is 17.6. The lowest BCUT2D eigenvalue weighted by Crippen LogP contribution is -2.32. The van der Waals surface area contributed by atoms with Gasteiger partial charge in [-0.15, -0.1) is 12.4 Å². The van der Waals surface area contributed by atoms with E-state index in [1.807, 2.05) is 49.9 Å². The van der Waals surface area contributed by atoms with E-state index in [2.05, 4.69) is 15.5 Å². The van der Waals surface area contributed by atoms with Gasteiger partial charge in [-0.3, -0.25) is 4.79 Å². The Balaban J connectivity index is 0.00000196. The molecule has 2 aliphatic heterocycles. The second-order valence-electron chi connectivity index (χ2n) is 8.11. The topological polar surface area (TPSA) is 71.3 Å². The molecule has 1 aromatic carbocycles. The molecule has 0 radical (unpaired) electrons. The molecule has 26 heavy (non-hydrogen) atoms. The first-order valence-corrected chi connectivity index (χ1v) is 8.87. The molecule has 1 amide bonds. The molecule has 2 fully saturated rings. The number of aromatic nitrogens is 2. The molecule has 2 aromatic rings. The highest BCUT2D eigenvalue weighted by molar-refractivity contribution is 6.00. The largest absolute Gasteiger partial charge is 0.338 e. The molecule has 6 nitrogen and oxygen atoms in total. The summed E-state index contributed by atoms with van der Waals surface area (Å²) in [6.45, 7) is 9.77. The van der Waals surface area contributed by atoms with E-state index in [9.17, 15) is 4.79 Å². The number of nitrogens with zero attached hydrogens (tertiary/aromatic N) is 3. The number of hydrogen-bond acceptors (Lipinski definition) is 5. The maximum Gasteiger partial charge on any atom is 0.258 e. The fourth-order valence-corrected chi connectivity index (χ4v) is 3.69. The first-order chi connectivity index (χ1) is 11.9. The maximum atomic E-state index is 13.1. The molecule has 2 aliphatic rings. The summed E-state index contributed by atoms with van der Waals surface area (Å²) in [5.74, 6) is 2.26. The highest BCUT2D eigenvalue weighted by Crippen LogP contribution is 2.31. The van der Waals surface area contributed by atoms with Crippen molar-refractivity contribution in [2.24, 2.45) is 11.8 Å². The van der Waals surface area contributed by atoms with Crippen molar-refractivity contribution in [2.75, 3.05) is 26.2 Å². The van der Waals surface area contributed by atoms with Crippen molar-refractivity contribution in [1.82, 2.24) is 20.4 Å². The van der Waals surface area contributed by atoms with Gasteiger partial charge in [0.25, 0.3) is 11.8 Å². The van der Waals surface area contributed by atoms with Gasteiger partial charge in [0.2, 0.25) is 0 Å². The van der Waals surface area contributed by atoms with E-state index >= 15 is 0 Å². The summed E-state index contributed by atoms with van der Waals surface area (Å²) in [6.07, 6.45) is 0. The lowest BCUT2D eigenvalue weighted by atomic mass is 9.96. The van der Waals surface area contributed by atoms with Crippen LogP contribution in [0.25, 0.3) is 11.5 Å². The molecule has 0 unspecified atom stereocenters. The fraction of sp³-hybridized carbons (Fsp3) is 0.526. The van der Waals surface area contributed by atoms with Gasteiger partial charge in [0, 0.05) is 31.6 Å². The predicted octanol–water partition coefficient (Wildman–Crippen LogP) is 2.75. The number of benzene rings is 1. The third-order valence-corrected chi connectivity index (χ3v) is 5.16. The Kier molecular flexibility index (Phi) is 5.08. The van der Waals surface area contributed by atoms with E-state index in [1.54, 1.807) is 0 Å². The van der Waals surface area contributed by atoms with Gasteiger partial charge in [0.1, 0.15) is 0 Å². The minimum atomic E-state index is -0.194. The third kappa shape index (κ3) is 3.35. The molecule has 0 saturated carbocycles. The average molecular weight is 377 g/mol. The third-order valence-electron chi connectivity index (χ3n) is 5.16. The van der Waals surface area contributed by atoms with Gasteiger partial charge in [0.15, 0.2) is 5.82 Å². The number of likely N-dealkylation sites (tertiary alicyclic amines) is 1. The number of rotatable bonds is 2. The first-order valence-electron chi connectivity index (χ1n) is 8.87. The van der Waals surface area contributed by atoms with E-state index in [-0.39, 0.29) is 23.7 Å². The summed E-state index contributed by atoms with van der Waals surface area (Å²) in [6, 6.07) is 7.52. The summed E-state index contributed by atoms with van der Waals surface area (Å²) in [4.78, 5) is 19.6. The number of carbonyl (C=O) groups excluding carboxylic acids is 1. The smallest absolute Gasteiger partial charge is 0.258 e. The summed E-state index contributed by atoms with van der Waals surface area (Å²) in [5, 5.41) is 7.50. The summed E-state index contributed by atoms with van der Waals surface area (Å²) in [5.41, 5.74) is 1.16. The monoisotopic (exact) mass is 376 g/mol. The van der Waals surface area contributed by atoms with Crippen LogP contribution in [0.4, 0.5) is 0 Å². The highest BCUT2D eigenvalue weighted by atomic mass is 35.5. The van der Waals surface area contributed by atoms with E-state index < -0.39 is 0 Å². The van der Waals surface area contributed by atoms with E-state index in [4.69, 9.17) is 4.52 Å². The molecular formula is C19H25ClN4O2. The molecule has 2 saturated heterocycles. The number of nitrogens with one attached hydrogen (secondary N) is 1. The number of fused-ring (bicyclic) bond motifs is 1. The van der Waals surface area contributed by atoms with Crippen LogP contribution in [-0.4, -0.2) is 47.1 Å². The van der Waals surface area contributed by atoms with Gasteiger partial charge in [-0.2, -0.15) is 4.98 Å². The lowest BCUT2D eigenvalue weighted by Gasteiger charge is -2.18. The molecule has 0 bridgehead atoms. The van der Waals surface area contributed by atoms with Crippen molar-refractivity contribution in [1.29, 1.82) is 0 Å². The van der Waals surface area contributed by atoms with Crippen LogP contribution in [0.2, 0.25) is 0 Å². The molecule has 1 aromatic heterocycles. The second-order valence-corrected chi connectivity index (χ2v) is 8.11. The Labute approximate surface area is 159 Å². The molecule has 3 heterocycles. The quantitative estimate of drug-likeness (QED) is 0.872. The van der Waals surface area contributed by atoms with Gasteiger partial charge in [-0.05, 0) is 24.0 Å². The lowest BCUT2D eigenvalue weighted by molar-refractivity contribution is 0.0782. The molecule has 7 heteroatoms. The Morgan fingerprint density at radius 2 is 1.85 bits per heavy atom. The number of carbonyl (C=O) groups is 1. The molecule has 4 rings (SSSR count). The molecule has 0 aliphatic carbocycles. The van der Waals surface area contributed by atoms with Gasteiger partial charge in [0.05, 0.1) is 11.1 Å². The van der Waals surface area contributed by atoms with Crippen molar-refractivity contribution in [3.8, 4) is 11.5 Å². The van der Waals surface area contributed by atoms with Crippen LogP contribution in [0.15, 0.2) is 28.8 Å². The Hall–Kier alpha value is -1.92. The fourth-order valence-electron chi connectivity index (χ4n) is 3.69. The second kappa shape index (κ2) is 7.00. The van der Waals surface area contributed by atoms with E-state index in [0.29, 0.717) is 34.7 Å². The van der Waals surface area contributed by atoms with E-state index in [0.717, 1.165) is 26.2 Å². The van der Waals surface area contributed by atoms with Gasteiger partial charge >= 0.3 is 0 Å². The minimum Gasteiger partial charge on any atom is -0.338 e. The maximum absolute atomic E-state index is 13.1. The van der Waals surface area contributed by atoms with Gasteiger partial charge < -0.3 is 14.7 Å². The van der Waals surface area contributed by atoms with Crippen LogP contribution in [0.5, 0.6) is 0 Å². The highest BCUT2D eigenvalue weighted by Gasteiger charge is 2.39. The molecular weight excluding hydrogens is 352 g/mol. The Bertz CT molecular complexity index is 787.